The predicted molar refractivity (Wildman–Crippen MR) is 133 cm³/mol. The second-order valence-electron chi connectivity index (χ2n) is 8.71. The monoisotopic (exact) mass is 469 g/mol. The lowest BCUT2D eigenvalue weighted by Crippen LogP contribution is -2.41. The molecule has 0 spiro atoms. The average Bonchev–Trinajstić information content (AvgIpc) is 3.09. The number of benzene rings is 3. The molecule has 7 heteroatoms. The van der Waals surface area contributed by atoms with Crippen molar-refractivity contribution in [2.75, 3.05) is 11.9 Å². The Bertz CT molecular complexity index is 1250. The molecule has 1 atom stereocenters. The summed E-state index contributed by atoms with van der Waals surface area (Å²) in [4.78, 5) is 51.9. The number of hydrogen-bond acceptors (Lipinski definition) is 4. The number of hydrogen-bond donors (Lipinski definition) is 2. The number of imide groups is 1. The van der Waals surface area contributed by atoms with Crippen molar-refractivity contribution in [2.45, 2.75) is 32.2 Å². The van der Waals surface area contributed by atoms with E-state index in [4.69, 9.17) is 0 Å². The van der Waals surface area contributed by atoms with E-state index in [1.807, 2.05) is 30.3 Å². The average molecular weight is 470 g/mol. The molecule has 1 unspecified atom stereocenters. The number of nitrogens with zero attached hydrogens (tertiary/aromatic N) is 1. The quantitative estimate of drug-likeness (QED) is 0.374. The number of amides is 4. The molecule has 2 N–H and O–H groups in total. The van der Waals surface area contributed by atoms with E-state index in [2.05, 4.69) is 17.6 Å². The Morgan fingerprint density at radius 2 is 1.54 bits per heavy atom. The molecule has 4 amide bonds. The number of nitrogens with one attached hydrogen (secondary N) is 2. The van der Waals surface area contributed by atoms with Gasteiger partial charge in [-0.1, -0.05) is 55.8 Å². The maximum Gasteiger partial charge on any atom is 0.325 e. The van der Waals surface area contributed by atoms with Crippen LogP contribution in [-0.2, 0) is 16.8 Å². The first-order valence-corrected chi connectivity index (χ1v) is 11.5. The van der Waals surface area contributed by atoms with E-state index in [0.717, 1.165) is 23.3 Å². The lowest BCUT2D eigenvalue weighted by molar-refractivity contribution is -0.130. The van der Waals surface area contributed by atoms with Crippen LogP contribution in [0.5, 0.6) is 0 Å². The van der Waals surface area contributed by atoms with Gasteiger partial charge in [0, 0.05) is 16.8 Å². The molecular weight excluding hydrogens is 442 g/mol. The predicted octanol–water partition coefficient (Wildman–Crippen LogP) is 4.54. The van der Waals surface area contributed by atoms with Crippen LogP contribution in [-0.4, -0.2) is 35.1 Å². The Balaban J connectivity index is 1.42. The minimum atomic E-state index is -1.23. The molecule has 0 aliphatic carbocycles. The summed E-state index contributed by atoms with van der Waals surface area (Å²) < 4.78 is 0. The molecule has 0 bridgehead atoms. The Hall–Kier alpha value is -4.26. The van der Waals surface area contributed by atoms with Gasteiger partial charge in [-0.15, -0.1) is 0 Å². The number of carbonyl (C=O) groups is 4. The van der Waals surface area contributed by atoms with E-state index in [1.165, 1.54) is 0 Å². The highest BCUT2D eigenvalue weighted by Crippen LogP contribution is 2.29. The fourth-order valence-corrected chi connectivity index (χ4v) is 4.10. The largest absolute Gasteiger partial charge is 0.325 e. The first-order valence-electron chi connectivity index (χ1n) is 11.5. The molecular formula is C28H27N3O4. The van der Waals surface area contributed by atoms with Crippen molar-refractivity contribution in [1.82, 2.24) is 10.2 Å². The van der Waals surface area contributed by atoms with Crippen LogP contribution in [0.1, 0.15) is 52.1 Å². The molecule has 0 aromatic heterocycles. The maximum absolute atomic E-state index is 13.2. The van der Waals surface area contributed by atoms with Crippen LogP contribution in [0.4, 0.5) is 10.5 Å². The summed E-state index contributed by atoms with van der Waals surface area (Å²) in [6.07, 6.45) is 1.95. The highest BCUT2D eigenvalue weighted by atomic mass is 16.2. The van der Waals surface area contributed by atoms with Crippen LogP contribution in [0, 0.1) is 0 Å². The second-order valence-corrected chi connectivity index (χ2v) is 8.71. The zero-order valence-corrected chi connectivity index (χ0v) is 19.7. The fraction of sp³-hybridized carbons (Fsp3) is 0.214. The summed E-state index contributed by atoms with van der Waals surface area (Å²) in [5.74, 6) is -1.10. The molecule has 7 nitrogen and oxygen atoms in total. The summed E-state index contributed by atoms with van der Waals surface area (Å²) in [5, 5.41) is 5.51. The Morgan fingerprint density at radius 3 is 2.17 bits per heavy atom. The molecule has 178 valence electrons. The van der Waals surface area contributed by atoms with Gasteiger partial charge in [0.15, 0.2) is 5.78 Å². The smallest absolute Gasteiger partial charge is 0.322 e. The Kier molecular flexibility index (Phi) is 6.78. The lowest BCUT2D eigenvalue weighted by Gasteiger charge is -2.22. The number of anilines is 1. The molecule has 35 heavy (non-hydrogen) atoms. The molecule has 3 aromatic carbocycles. The number of ketones is 1. The van der Waals surface area contributed by atoms with E-state index in [0.29, 0.717) is 22.4 Å². The minimum Gasteiger partial charge on any atom is -0.322 e. The molecule has 0 saturated carbocycles. The molecule has 4 rings (SSSR count). The zero-order chi connectivity index (χ0) is 25.0. The normalized spacial score (nSPS) is 17.3. The van der Waals surface area contributed by atoms with E-state index in [-0.39, 0.29) is 18.2 Å². The first kappa shape index (κ1) is 23.9. The fourth-order valence-electron chi connectivity index (χ4n) is 4.10. The van der Waals surface area contributed by atoms with Gasteiger partial charge in [-0.2, -0.15) is 0 Å². The van der Waals surface area contributed by atoms with Crippen LogP contribution >= 0.6 is 0 Å². The summed E-state index contributed by atoms with van der Waals surface area (Å²) in [5.41, 5.74) is 1.99. The summed E-state index contributed by atoms with van der Waals surface area (Å²) in [6, 6.07) is 22.1. The van der Waals surface area contributed by atoms with Crippen molar-refractivity contribution in [2.24, 2.45) is 0 Å². The molecule has 1 saturated heterocycles. The van der Waals surface area contributed by atoms with Crippen molar-refractivity contribution >= 4 is 29.3 Å². The van der Waals surface area contributed by atoms with Crippen LogP contribution in [0.25, 0.3) is 0 Å². The number of rotatable bonds is 8. The van der Waals surface area contributed by atoms with Crippen LogP contribution in [0.3, 0.4) is 0 Å². The van der Waals surface area contributed by atoms with Gasteiger partial charge in [-0.05, 0) is 60.9 Å². The van der Waals surface area contributed by atoms with E-state index in [1.54, 1.807) is 55.5 Å². The van der Waals surface area contributed by atoms with Crippen molar-refractivity contribution in [3.8, 4) is 0 Å². The van der Waals surface area contributed by atoms with Crippen LogP contribution in [0.15, 0.2) is 78.9 Å². The van der Waals surface area contributed by atoms with Gasteiger partial charge >= 0.3 is 6.03 Å². The third kappa shape index (κ3) is 4.99. The van der Waals surface area contributed by atoms with Crippen molar-refractivity contribution in [1.29, 1.82) is 0 Å². The number of Topliss-reactive ketones (excluding diaryl/α,β-unsaturated/α-hetero) is 1. The maximum atomic E-state index is 13.2. The highest BCUT2D eigenvalue weighted by Gasteiger charge is 2.49. The van der Waals surface area contributed by atoms with E-state index >= 15 is 0 Å². The van der Waals surface area contributed by atoms with Gasteiger partial charge in [0.25, 0.3) is 11.8 Å². The van der Waals surface area contributed by atoms with Gasteiger partial charge in [-0.25, -0.2) is 4.79 Å². The summed E-state index contributed by atoms with van der Waals surface area (Å²) in [7, 11) is 0. The van der Waals surface area contributed by atoms with E-state index < -0.39 is 17.5 Å². The Labute approximate surface area is 204 Å². The second kappa shape index (κ2) is 9.93. The van der Waals surface area contributed by atoms with Crippen molar-refractivity contribution in [3.05, 3.63) is 101 Å². The van der Waals surface area contributed by atoms with Crippen molar-refractivity contribution < 1.29 is 19.2 Å². The number of urea groups is 1. The summed E-state index contributed by atoms with van der Waals surface area (Å²) >= 11 is 0. The molecule has 1 heterocycles. The van der Waals surface area contributed by atoms with Crippen LogP contribution in [0.2, 0.25) is 0 Å². The Morgan fingerprint density at radius 1 is 0.886 bits per heavy atom. The van der Waals surface area contributed by atoms with E-state index in [9.17, 15) is 19.2 Å². The third-order valence-corrected chi connectivity index (χ3v) is 6.15. The zero-order valence-electron chi connectivity index (χ0n) is 19.7. The van der Waals surface area contributed by atoms with Gasteiger partial charge in [0.2, 0.25) is 0 Å². The molecule has 3 aromatic rings. The van der Waals surface area contributed by atoms with Gasteiger partial charge < -0.3 is 10.6 Å². The highest BCUT2D eigenvalue weighted by molar-refractivity contribution is 6.11. The van der Waals surface area contributed by atoms with Gasteiger partial charge in [0.05, 0.1) is 6.54 Å². The molecule has 1 aliphatic heterocycles. The molecule has 0 radical (unpaired) electrons. The van der Waals surface area contributed by atoms with Crippen molar-refractivity contribution in [3.63, 3.8) is 0 Å². The van der Waals surface area contributed by atoms with Gasteiger partial charge in [-0.3, -0.25) is 19.3 Å². The number of aryl methyl sites for hydroxylation is 1. The summed E-state index contributed by atoms with van der Waals surface area (Å²) in [6.45, 7) is 3.37. The SMILES string of the molecule is CCCc1ccc(C2(C)NC(=O)N(CC(=O)c3ccc(NC(=O)c4ccccc4)cc3)C2=O)cc1. The van der Waals surface area contributed by atoms with Crippen LogP contribution < -0.4 is 10.6 Å². The van der Waals surface area contributed by atoms with Gasteiger partial charge in [0.1, 0.15) is 5.54 Å². The molecule has 1 aliphatic rings. The first-order chi connectivity index (χ1) is 16.8. The third-order valence-electron chi connectivity index (χ3n) is 6.15. The molecule has 1 fully saturated rings. The lowest BCUT2D eigenvalue weighted by atomic mass is 9.91. The topological polar surface area (TPSA) is 95.6 Å². The minimum absolute atomic E-state index is 0.258. The standard InChI is InChI=1S/C28H27N3O4/c1-3-7-19-10-14-22(15-11-19)28(2)26(34)31(27(35)30-28)18-24(32)20-12-16-23(17-13-20)29-25(33)21-8-5-4-6-9-21/h4-6,8-17H,3,7,18H2,1-2H3,(H,29,33)(H,30,35). The number of carbonyl (C=O) groups excluding carboxylic acids is 4.